The van der Waals surface area contributed by atoms with Crippen LogP contribution < -0.4 is 4.74 Å². The highest BCUT2D eigenvalue weighted by molar-refractivity contribution is 9.10. The molecule has 0 aliphatic rings. The van der Waals surface area contributed by atoms with Gasteiger partial charge in [-0.3, -0.25) is 10.1 Å². The first-order valence-electron chi connectivity index (χ1n) is 5.43. The van der Waals surface area contributed by atoms with Gasteiger partial charge in [-0.25, -0.2) is 4.79 Å². The molecule has 0 bridgehead atoms. The SMILES string of the molecule is O=C(O)c1ccccc1Oc1ccc([N+](=O)[O-])cc1Br. The Morgan fingerprint density at radius 1 is 1.20 bits per heavy atom. The number of hydrogen-bond acceptors (Lipinski definition) is 4. The van der Waals surface area contributed by atoms with Crippen LogP contribution >= 0.6 is 15.9 Å². The van der Waals surface area contributed by atoms with Crippen LogP contribution in [0.25, 0.3) is 0 Å². The summed E-state index contributed by atoms with van der Waals surface area (Å²) < 4.78 is 5.85. The first kappa shape index (κ1) is 14.0. The molecule has 1 N–H and O–H groups in total. The van der Waals surface area contributed by atoms with Crippen LogP contribution in [0.15, 0.2) is 46.9 Å². The summed E-state index contributed by atoms with van der Waals surface area (Å²) in [6, 6.07) is 10.1. The van der Waals surface area contributed by atoms with E-state index in [9.17, 15) is 14.9 Å². The number of rotatable bonds is 4. The summed E-state index contributed by atoms with van der Waals surface area (Å²) in [7, 11) is 0. The minimum atomic E-state index is -1.11. The molecule has 0 radical (unpaired) electrons. The molecule has 0 unspecified atom stereocenters. The second kappa shape index (κ2) is 5.70. The Kier molecular flexibility index (Phi) is 3.99. The highest BCUT2D eigenvalue weighted by Crippen LogP contribution is 2.33. The molecule has 20 heavy (non-hydrogen) atoms. The lowest BCUT2D eigenvalue weighted by Crippen LogP contribution is -1.99. The van der Waals surface area contributed by atoms with Gasteiger partial charge >= 0.3 is 5.97 Å². The number of nitro groups is 1. The van der Waals surface area contributed by atoms with Crippen molar-refractivity contribution in [3.8, 4) is 11.5 Å². The van der Waals surface area contributed by atoms with E-state index in [4.69, 9.17) is 9.84 Å². The largest absolute Gasteiger partial charge is 0.478 e. The van der Waals surface area contributed by atoms with Gasteiger partial charge in [0.1, 0.15) is 17.1 Å². The molecule has 0 heterocycles. The normalized spacial score (nSPS) is 10.1. The maximum absolute atomic E-state index is 11.1. The number of benzene rings is 2. The Labute approximate surface area is 121 Å². The number of aromatic carboxylic acids is 1. The fourth-order valence-electron chi connectivity index (χ4n) is 1.54. The van der Waals surface area contributed by atoms with Crippen LogP contribution in [0.5, 0.6) is 11.5 Å². The van der Waals surface area contributed by atoms with Crippen LogP contribution in [-0.4, -0.2) is 16.0 Å². The number of halogens is 1. The summed E-state index contributed by atoms with van der Waals surface area (Å²) in [6.07, 6.45) is 0. The molecule has 0 saturated carbocycles. The fourth-order valence-corrected chi connectivity index (χ4v) is 1.98. The molecule has 7 heteroatoms. The molecule has 6 nitrogen and oxygen atoms in total. The van der Waals surface area contributed by atoms with Crippen molar-refractivity contribution in [1.82, 2.24) is 0 Å². The number of carbonyl (C=O) groups is 1. The maximum Gasteiger partial charge on any atom is 0.339 e. The summed E-state index contributed by atoms with van der Waals surface area (Å²) >= 11 is 3.16. The van der Waals surface area contributed by atoms with Crippen LogP contribution in [0.2, 0.25) is 0 Å². The smallest absolute Gasteiger partial charge is 0.339 e. The Hall–Kier alpha value is -2.41. The average Bonchev–Trinajstić information content (AvgIpc) is 2.41. The highest BCUT2D eigenvalue weighted by atomic mass is 79.9. The van der Waals surface area contributed by atoms with Gasteiger partial charge in [0.15, 0.2) is 0 Å². The molecule has 0 amide bonds. The minimum absolute atomic E-state index is 0.0118. The van der Waals surface area contributed by atoms with Gasteiger partial charge in [0.05, 0.1) is 9.40 Å². The van der Waals surface area contributed by atoms with E-state index in [1.165, 1.54) is 30.3 Å². The van der Waals surface area contributed by atoms with Gasteiger partial charge in [0, 0.05) is 12.1 Å². The van der Waals surface area contributed by atoms with Crippen LogP contribution in [0.4, 0.5) is 5.69 Å². The maximum atomic E-state index is 11.1. The van der Waals surface area contributed by atoms with Gasteiger partial charge in [-0.1, -0.05) is 12.1 Å². The lowest BCUT2D eigenvalue weighted by molar-refractivity contribution is -0.384. The summed E-state index contributed by atoms with van der Waals surface area (Å²) in [4.78, 5) is 21.2. The zero-order valence-corrected chi connectivity index (χ0v) is 11.5. The number of para-hydroxylation sites is 1. The molecule has 2 aromatic rings. The molecule has 0 spiro atoms. The van der Waals surface area contributed by atoms with Crippen molar-refractivity contribution in [2.75, 3.05) is 0 Å². The molecule has 0 atom stereocenters. The van der Waals surface area contributed by atoms with Crippen molar-refractivity contribution in [3.05, 3.63) is 62.6 Å². The first-order chi connectivity index (χ1) is 9.49. The van der Waals surface area contributed by atoms with E-state index in [2.05, 4.69) is 15.9 Å². The molecule has 0 aromatic heterocycles. The summed E-state index contributed by atoms with van der Waals surface area (Å²) in [5, 5.41) is 19.7. The monoisotopic (exact) mass is 337 g/mol. The molecule has 0 aliphatic carbocycles. The van der Waals surface area contributed by atoms with Crippen molar-refractivity contribution >= 4 is 27.6 Å². The second-order valence-corrected chi connectivity index (χ2v) is 4.63. The third kappa shape index (κ3) is 2.94. The quantitative estimate of drug-likeness (QED) is 0.676. The van der Waals surface area contributed by atoms with Crippen molar-refractivity contribution in [2.45, 2.75) is 0 Å². The van der Waals surface area contributed by atoms with E-state index in [1.54, 1.807) is 12.1 Å². The first-order valence-corrected chi connectivity index (χ1v) is 6.22. The van der Waals surface area contributed by atoms with Gasteiger partial charge in [0.2, 0.25) is 0 Å². The molecule has 0 aliphatic heterocycles. The van der Waals surface area contributed by atoms with Crippen molar-refractivity contribution in [2.24, 2.45) is 0 Å². The highest BCUT2D eigenvalue weighted by Gasteiger charge is 2.14. The van der Waals surface area contributed by atoms with Crippen LogP contribution in [-0.2, 0) is 0 Å². The van der Waals surface area contributed by atoms with Gasteiger partial charge in [-0.05, 0) is 34.1 Å². The Balaban J connectivity index is 2.36. The molecule has 2 rings (SSSR count). The molecular weight excluding hydrogens is 330 g/mol. The summed E-state index contributed by atoms with van der Waals surface area (Å²) in [5.41, 5.74) is -0.0755. The third-order valence-electron chi connectivity index (χ3n) is 2.46. The van der Waals surface area contributed by atoms with Gasteiger partial charge in [-0.2, -0.15) is 0 Å². The summed E-state index contributed by atoms with van der Waals surface area (Å²) in [6.45, 7) is 0. The number of carboxylic acid groups (broad SMARTS) is 1. The van der Waals surface area contributed by atoms with E-state index in [0.717, 1.165) is 0 Å². The number of hydrogen-bond donors (Lipinski definition) is 1. The van der Waals surface area contributed by atoms with Crippen molar-refractivity contribution in [1.29, 1.82) is 0 Å². The predicted molar refractivity (Wildman–Crippen MR) is 74.3 cm³/mol. The van der Waals surface area contributed by atoms with E-state index in [-0.39, 0.29) is 17.0 Å². The topological polar surface area (TPSA) is 89.7 Å². The van der Waals surface area contributed by atoms with Crippen molar-refractivity contribution < 1.29 is 19.6 Å². The number of nitro benzene ring substituents is 1. The van der Waals surface area contributed by atoms with Crippen LogP contribution in [0.3, 0.4) is 0 Å². The average molecular weight is 338 g/mol. The van der Waals surface area contributed by atoms with E-state index < -0.39 is 10.9 Å². The number of nitrogens with zero attached hydrogens (tertiary/aromatic N) is 1. The lowest BCUT2D eigenvalue weighted by atomic mass is 10.2. The Bertz CT molecular complexity index is 686. The second-order valence-electron chi connectivity index (χ2n) is 3.78. The van der Waals surface area contributed by atoms with Gasteiger partial charge in [0.25, 0.3) is 5.69 Å². The molecule has 2 aromatic carbocycles. The zero-order chi connectivity index (χ0) is 14.7. The lowest BCUT2D eigenvalue weighted by Gasteiger charge is -2.09. The van der Waals surface area contributed by atoms with E-state index >= 15 is 0 Å². The zero-order valence-electron chi connectivity index (χ0n) is 9.95. The van der Waals surface area contributed by atoms with E-state index in [1.807, 2.05) is 0 Å². The number of carboxylic acids is 1. The standard InChI is InChI=1S/C13H8BrNO5/c14-10-7-8(15(18)19)5-6-12(10)20-11-4-2-1-3-9(11)13(16)17/h1-7H,(H,16,17). The Morgan fingerprint density at radius 3 is 2.50 bits per heavy atom. The van der Waals surface area contributed by atoms with Crippen LogP contribution in [0.1, 0.15) is 10.4 Å². The molecular formula is C13H8BrNO5. The van der Waals surface area contributed by atoms with E-state index in [0.29, 0.717) is 10.2 Å². The third-order valence-corrected chi connectivity index (χ3v) is 3.08. The fraction of sp³-hybridized carbons (Fsp3) is 0. The minimum Gasteiger partial charge on any atom is -0.478 e. The number of ether oxygens (including phenoxy) is 1. The Morgan fingerprint density at radius 2 is 1.90 bits per heavy atom. The number of non-ortho nitro benzene ring substituents is 1. The molecule has 0 fully saturated rings. The van der Waals surface area contributed by atoms with Gasteiger partial charge in [-0.15, -0.1) is 0 Å². The van der Waals surface area contributed by atoms with Crippen LogP contribution in [0, 0.1) is 10.1 Å². The van der Waals surface area contributed by atoms with Gasteiger partial charge < -0.3 is 9.84 Å². The summed E-state index contributed by atoms with van der Waals surface area (Å²) in [5.74, 6) is -0.655. The molecule has 0 saturated heterocycles. The predicted octanol–water partition coefficient (Wildman–Crippen LogP) is 3.85. The van der Waals surface area contributed by atoms with Crippen molar-refractivity contribution in [3.63, 3.8) is 0 Å². The molecule has 102 valence electrons.